The predicted octanol–water partition coefficient (Wildman–Crippen LogP) is 2.69. The van der Waals surface area contributed by atoms with Crippen LogP contribution in [-0.4, -0.2) is 60.2 Å². The molecule has 33 heavy (non-hydrogen) atoms. The standard InChI is InChI=1S/C24H35N7O2/c25-15-18-6-8-19(9-7-18)16-27-22-14-21(26)28-23(29-22)30-10-12-31(13-11-30)24(32)33-17-20-4-2-1-3-5-20/h1-5,14,18-19H,6-13,15-17,25H2,(H3,26,27,28,29)/t18-,19-. The molecule has 0 unspecified atom stereocenters. The Hall–Kier alpha value is -3.07. The van der Waals surface area contributed by atoms with Crippen LogP contribution in [0.2, 0.25) is 0 Å². The molecule has 1 aromatic heterocycles. The quantitative estimate of drug-likeness (QED) is 0.585. The van der Waals surface area contributed by atoms with Crippen LogP contribution >= 0.6 is 0 Å². The lowest BCUT2D eigenvalue weighted by Crippen LogP contribution is -2.49. The Morgan fingerprint density at radius 1 is 1.03 bits per heavy atom. The average molecular weight is 454 g/mol. The van der Waals surface area contributed by atoms with E-state index < -0.39 is 0 Å². The van der Waals surface area contributed by atoms with Gasteiger partial charge in [-0.3, -0.25) is 0 Å². The molecule has 0 bridgehead atoms. The van der Waals surface area contributed by atoms with Crippen LogP contribution in [0.3, 0.4) is 0 Å². The van der Waals surface area contributed by atoms with Gasteiger partial charge < -0.3 is 31.3 Å². The Kier molecular flexibility index (Phi) is 7.83. The largest absolute Gasteiger partial charge is 0.445 e. The minimum absolute atomic E-state index is 0.279. The lowest BCUT2D eigenvalue weighted by molar-refractivity contribution is 0.0941. The van der Waals surface area contributed by atoms with E-state index in [4.69, 9.17) is 16.2 Å². The van der Waals surface area contributed by atoms with Crippen LogP contribution < -0.4 is 21.7 Å². The summed E-state index contributed by atoms with van der Waals surface area (Å²) in [7, 11) is 0. The van der Waals surface area contributed by atoms with Gasteiger partial charge in [-0.15, -0.1) is 0 Å². The van der Waals surface area contributed by atoms with E-state index in [0.717, 1.165) is 24.5 Å². The Labute approximate surface area is 195 Å². The number of nitrogens with two attached hydrogens (primary N) is 2. The minimum atomic E-state index is -0.293. The number of amides is 1. The van der Waals surface area contributed by atoms with Crippen molar-refractivity contribution in [2.24, 2.45) is 17.6 Å². The highest BCUT2D eigenvalue weighted by Gasteiger charge is 2.24. The first-order chi connectivity index (χ1) is 16.1. The van der Waals surface area contributed by atoms with Crippen LogP contribution in [0.1, 0.15) is 31.2 Å². The second-order valence-electron chi connectivity index (χ2n) is 9.00. The molecule has 4 rings (SSSR count). The number of benzene rings is 1. The zero-order valence-corrected chi connectivity index (χ0v) is 19.2. The molecule has 9 heteroatoms. The summed E-state index contributed by atoms with van der Waals surface area (Å²) in [6.07, 6.45) is 4.52. The van der Waals surface area contributed by atoms with Crippen molar-refractivity contribution in [1.29, 1.82) is 0 Å². The van der Waals surface area contributed by atoms with Gasteiger partial charge in [-0.05, 0) is 49.6 Å². The van der Waals surface area contributed by atoms with Crippen molar-refractivity contribution in [2.75, 3.05) is 55.2 Å². The number of piperazine rings is 1. The van der Waals surface area contributed by atoms with E-state index in [1.807, 2.05) is 30.3 Å². The molecule has 5 N–H and O–H groups in total. The van der Waals surface area contributed by atoms with Crippen molar-refractivity contribution < 1.29 is 9.53 Å². The number of anilines is 3. The van der Waals surface area contributed by atoms with Crippen LogP contribution in [0, 0.1) is 11.8 Å². The zero-order valence-electron chi connectivity index (χ0n) is 19.2. The first-order valence-corrected chi connectivity index (χ1v) is 11.9. The molecule has 178 valence electrons. The maximum Gasteiger partial charge on any atom is 0.410 e. The molecule has 1 saturated carbocycles. The van der Waals surface area contributed by atoms with Gasteiger partial charge in [0.1, 0.15) is 18.2 Å². The molecule has 1 aromatic carbocycles. The van der Waals surface area contributed by atoms with E-state index in [1.165, 1.54) is 25.7 Å². The van der Waals surface area contributed by atoms with Crippen molar-refractivity contribution in [1.82, 2.24) is 14.9 Å². The van der Waals surface area contributed by atoms with Crippen LogP contribution in [0.4, 0.5) is 22.4 Å². The van der Waals surface area contributed by atoms with Crippen molar-refractivity contribution >= 4 is 23.7 Å². The summed E-state index contributed by atoms with van der Waals surface area (Å²) < 4.78 is 5.45. The Morgan fingerprint density at radius 2 is 1.73 bits per heavy atom. The Bertz CT molecular complexity index is 895. The first kappa shape index (κ1) is 23.1. The van der Waals surface area contributed by atoms with E-state index in [-0.39, 0.29) is 12.7 Å². The lowest BCUT2D eigenvalue weighted by atomic mass is 9.82. The van der Waals surface area contributed by atoms with Gasteiger partial charge in [-0.1, -0.05) is 30.3 Å². The topological polar surface area (TPSA) is 123 Å². The summed E-state index contributed by atoms with van der Waals surface area (Å²) in [5.74, 6) is 3.11. The van der Waals surface area contributed by atoms with Crippen molar-refractivity contribution in [2.45, 2.75) is 32.3 Å². The number of nitrogen functional groups attached to an aromatic ring is 1. The maximum atomic E-state index is 12.4. The summed E-state index contributed by atoms with van der Waals surface area (Å²) in [4.78, 5) is 25.3. The maximum absolute atomic E-state index is 12.4. The first-order valence-electron chi connectivity index (χ1n) is 11.9. The number of aromatic nitrogens is 2. The summed E-state index contributed by atoms with van der Waals surface area (Å²) >= 11 is 0. The number of carbonyl (C=O) groups excluding carboxylic acids is 1. The van der Waals surface area contributed by atoms with Gasteiger partial charge in [0.25, 0.3) is 0 Å². The van der Waals surface area contributed by atoms with E-state index in [1.54, 1.807) is 11.0 Å². The highest BCUT2D eigenvalue weighted by atomic mass is 16.6. The Balaban J connectivity index is 1.25. The van der Waals surface area contributed by atoms with Crippen LogP contribution in [-0.2, 0) is 11.3 Å². The summed E-state index contributed by atoms with van der Waals surface area (Å²) in [6.45, 7) is 4.33. The predicted molar refractivity (Wildman–Crippen MR) is 130 cm³/mol. The zero-order chi connectivity index (χ0) is 23.0. The number of hydrogen-bond acceptors (Lipinski definition) is 8. The number of ether oxygens (including phenoxy) is 1. The molecular weight excluding hydrogens is 418 g/mol. The van der Waals surface area contributed by atoms with Crippen LogP contribution in [0.15, 0.2) is 36.4 Å². The lowest BCUT2D eigenvalue weighted by Gasteiger charge is -2.34. The highest BCUT2D eigenvalue weighted by molar-refractivity contribution is 5.68. The molecule has 0 radical (unpaired) electrons. The monoisotopic (exact) mass is 453 g/mol. The Morgan fingerprint density at radius 3 is 2.42 bits per heavy atom. The van der Waals surface area contributed by atoms with E-state index >= 15 is 0 Å². The van der Waals surface area contributed by atoms with Crippen molar-refractivity contribution in [3.8, 4) is 0 Å². The van der Waals surface area contributed by atoms with E-state index in [2.05, 4.69) is 20.2 Å². The molecule has 1 aliphatic heterocycles. The smallest absolute Gasteiger partial charge is 0.410 e. The van der Waals surface area contributed by atoms with E-state index in [9.17, 15) is 4.79 Å². The molecule has 1 saturated heterocycles. The number of nitrogens with zero attached hydrogens (tertiary/aromatic N) is 4. The average Bonchev–Trinajstić information content (AvgIpc) is 2.87. The van der Waals surface area contributed by atoms with Gasteiger partial charge in [0.15, 0.2) is 0 Å². The summed E-state index contributed by atoms with van der Waals surface area (Å²) in [6, 6.07) is 11.5. The third-order valence-corrected chi connectivity index (χ3v) is 6.63. The second kappa shape index (κ2) is 11.2. The molecule has 2 aromatic rings. The third-order valence-electron chi connectivity index (χ3n) is 6.63. The van der Waals surface area contributed by atoms with Gasteiger partial charge in [-0.25, -0.2) is 4.79 Å². The number of carbonyl (C=O) groups is 1. The van der Waals surface area contributed by atoms with Crippen molar-refractivity contribution in [3.05, 3.63) is 42.0 Å². The number of hydrogen-bond donors (Lipinski definition) is 3. The number of rotatable bonds is 7. The molecule has 2 fully saturated rings. The summed E-state index contributed by atoms with van der Waals surface area (Å²) in [5.41, 5.74) is 12.8. The van der Waals surface area contributed by atoms with Gasteiger partial charge in [0.2, 0.25) is 5.95 Å². The molecule has 1 amide bonds. The van der Waals surface area contributed by atoms with Gasteiger partial charge >= 0.3 is 6.09 Å². The van der Waals surface area contributed by atoms with Crippen molar-refractivity contribution in [3.63, 3.8) is 0 Å². The molecule has 0 atom stereocenters. The van der Waals surface area contributed by atoms with Gasteiger partial charge in [0, 0.05) is 38.8 Å². The minimum Gasteiger partial charge on any atom is -0.445 e. The molecule has 9 nitrogen and oxygen atoms in total. The SMILES string of the molecule is NC[C@H]1CC[C@H](CNc2cc(N)nc(N3CCN(C(=O)OCc4ccccc4)CC3)n2)CC1. The molecule has 1 aliphatic carbocycles. The van der Waals surface area contributed by atoms with Gasteiger partial charge in [0.05, 0.1) is 0 Å². The molecule has 0 spiro atoms. The highest BCUT2D eigenvalue weighted by Crippen LogP contribution is 2.28. The molecular formula is C24H35N7O2. The third kappa shape index (κ3) is 6.47. The fourth-order valence-electron chi connectivity index (χ4n) is 4.50. The summed E-state index contributed by atoms with van der Waals surface area (Å²) in [5, 5.41) is 3.45. The normalized spacial score (nSPS) is 21.0. The molecule has 2 aliphatic rings. The second-order valence-corrected chi connectivity index (χ2v) is 9.00. The number of nitrogens with one attached hydrogen (secondary N) is 1. The van der Waals surface area contributed by atoms with Crippen LogP contribution in [0.5, 0.6) is 0 Å². The molecule has 2 heterocycles. The van der Waals surface area contributed by atoms with Crippen LogP contribution in [0.25, 0.3) is 0 Å². The van der Waals surface area contributed by atoms with Gasteiger partial charge in [-0.2, -0.15) is 9.97 Å². The fraction of sp³-hybridized carbons (Fsp3) is 0.542. The fourth-order valence-corrected chi connectivity index (χ4v) is 4.50. The van der Waals surface area contributed by atoms with E-state index in [0.29, 0.717) is 49.8 Å².